The van der Waals surface area contributed by atoms with E-state index in [0.717, 1.165) is 24.3 Å². The lowest BCUT2D eigenvalue weighted by Crippen LogP contribution is -2.34. The predicted molar refractivity (Wildman–Crippen MR) is 125 cm³/mol. The average molecular weight is 528 g/mol. The van der Waals surface area contributed by atoms with Crippen molar-refractivity contribution in [2.24, 2.45) is 5.73 Å². The molecular weight excluding hydrogens is 512 g/mol. The van der Waals surface area contributed by atoms with Gasteiger partial charge in [-0.25, -0.2) is 13.2 Å². The molecule has 0 spiro atoms. The van der Waals surface area contributed by atoms with Crippen LogP contribution >= 0.6 is 34.8 Å². The molecule has 0 aliphatic heterocycles. The Morgan fingerprint density at radius 2 is 1.65 bits per heavy atom. The summed E-state index contributed by atoms with van der Waals surface area (Å²) < 4.78 is 40.0. The van der Waals surface area contributed by atoms with Gasteiger partial charge in [-0.05, 0) is 66.1 Å². The Balaban J connectivity index is 1.81. The van der Waals surface area contributed by atoms with Gasteiger partial charge >= 0.3 is 0 Å². The van der Waals surface area contributed by atoms with Crippen LogP contribution < -0.4 is 11.1 Å². The molecule has 0 heterocycles. The Bertz CT molecular complexity index is 1330. The number of carbonyl (C=O) groups is 2. The van der Waals surface area contributed by atoms with Crippen molar-refractivity contribution in [3.63, 3.8) is 0 Å². The summed E-state index contributed by atoms with van der Waals surface area (Å²) in [4.78, 5) is 25.6. The van der Waals surface area contributed by atoms with E-state index in [0.29, 0.717) is 5.56 Å². The third-order valence-electron chi connectivity index (χ3n) is 5.96. The van der Waals surface area contributed by atoms with Crippen molar-refractivity contribution in [1.29, 1.82) is 0 Å². The van der Waals surface area contributed by atoms with Gasteiger partial charge in [0.15, 0.2) is 0 Å². The quantitative estimate of drug-likeness (QED) is 0.399. The van der Waals surface area contributed by atoms with Gasteiger partial charge in [0.25, 0.3) is 5.91 Å². The molecule has 3 aromatic rings. The van der Waals surface area contributed by atoms with E-state index in [2.05, 4.69) is 5.32 Å². The number of anilines is 1. The summed E-state index contributed by atoms with van der Waals surface area (Å²) >= 11 is 19.0. The molecule has 1 aliphatic carbocycles. The van der Waals surface area contributed by atoms with Crippen molar-refractivity contribution >= 4 is 52.3 Å². The molecule has 1 aliphatic rings. The number of nitrogens with two attached hydrogens (primary N) is 1. The molecule has 2 amide bonds. The first kappa shape index (κ1) is 24.4. The van der Waals surface area contributed by atoms with Crippen molar-refractivity contribution in [1.82, 2.24) is 0 Å². The van der Waals surface area contributed by atoms with Crippen LogP contribution in [0.5, 0.6) is 0 Å². The molecule has 0 aromatic heterocycles. The van der Waals surface area contributed by atoms with E-state index in [4.69, 9.17) is 40.5 Å². The van der Waals surface area contributed by atoms with E-state index in [-0.39, 0.29) is 21.8 Å². The molecule has 10 heteroatoms. The number of nitrogens with one attached hydrogen (secondary N) is 1. The number of rotatable bonds is 5. The van der Waals surface area contributed by atoms with Crippen molar-refractivity contribution in [2.75, 3.05) is 5.32 Å². The van der Waals surface area contributed by atoms with E-state index >= 15 is 0 Å². The number of hydrogen-bond donors (Lipinski definition) is 2. The van der Waals surface area contributed by atoms with Crippen molar-refractivity contribution < 1.29 is 22.8 Å². The lowest BCUT2D eigenvalue weighted by Gasteiger charge is -2.18. The van der Waals surface area contributed by atoms with Crippen LogP contribution in [0.1, 0.15) is 33.0 Å². The second kappa shape index (κ2) is 8.48. The topological polar surface area (TPSA) is 72.2 Å². The predicted octanol–water partition coefficient (Wildman–Crippen LogP) is 6.01. The van der Waals surface area contributed by atoms with E-state index in [9.17, 15) is 22.8 Å². The number of amides is 2. The fraction of sp³-hybridized carbons (Fsp3) is 0.167. The van der Waals surface area contributed by atoms with Gasteiger partial charge in [-0.15, -0.1) is 0 Å². The molecule has 2 atom stereocenters. The number of hydrogen-bond acceptors (Lipinski definition) is 2. The van der Waals surface area contributed by atoms with E-state index in [1.54, 1.807) is 0 Å². The molecule has 4 nitrogen and oxygen atoms in total. The summed E-state index contributed by atoms with van der Waals surface area (Å²) in [5, 5.41) is 2.27. The molecule has 0 bridgehead atoms. The normalized spacial score (nSPS) is 20.6. The molecular formula is C24H16Cl3F3N2O2. The zero-order chi connectivity index (χ0) is 25.0. The van der Waals surface area contributed by atoms with Crippen LogP contribution in [0, 0.1) is 24.4 Å². The highest BCUT2D eigenvalue weighted by Gasteiger charge is 2.80. The minimum absolute atomic E-state index is 0.0364. The summed E-state index contributed by atoms with van der Waals surface area (Å²) in [7, 11) is 0. The van der Waals surface area contributed by atoms with Crippen molar-refractivity contribution in [2.45, 2.75) is 22.6 Å². The molecule has 2 unspecified atom stereocenters. The number of primary amides is 1. The van der Waals surface area contributed by atoms with Gasteiger partial charge in [-0.1, -0.05) is 46.9 Å². The molecule has 1 saturated carbocycles. The Labute approximate surface area is 207 Å². The molecule has 0 radical (unpaired) electrons. The van der Waals surface area contributed by atoms with Crippen molar-refractivity contribution in [3.05, 3.63) is 99.3 Å². The second-order valence-corrected chi connectivity index (χ2v) is 9.81. The number of halogens is 6. The molecule has 34 heavy (non-hydrogen) atoms. The molecule has 3 N–H and O–H groups in total. The first-order valence-corrected chi connectivity index (χ1v) is 11.0. The Kier molecular flexibility index (Phi) is 6.09. The fourth-order valence-corrected chi connectivity index (χ4v) is 5.54. The smallest absolute Gasteiger partial charge is 0.258 e. The fourth-order valence-electron chi connectivity index (χ4n) is 4.26. The highest BCUT2D eigenvalue weighted by molar-refractivity contribution is 6.55. The SMILES string of the molecule is Cc1cc(C2(C(N)=O)C(c3ccc(F)c(Cl)c3)C2(Cl)Cl)cc(C(=O)Nc2ccc(F)cc2)c1F. The van der Waals surface area contributed by atoms with Gasteiger partial charge in [0.1, 0.15) is 27.2 Å². The van der Waals surface area contributed by atoms with Crippen LogP contribution in [0.4, 0.5) is 18.9 Å². The summed E-state index contributed by atoms with van der Waals surface area (Å²) in [6.07, 6.45) is 0. The largest absolute Gasteiger partial charge is 0.369 e. The van der Waals surface area contributed by atoms with E-state index in [1.165, 1.54) is 37.3 Å². The first-order valence-electron chi connectivity index (χ1n) is 9.91. The lowest BCUT2D eigenvalue weighted by molar-refractivity contribution is -0.120. The van der Waals surface area contributed by atoms with Gasteiger partial charge in [0.05, 0.1) is 10.6 Å². The molecule has 3 aromatic carbocycles. The number of carbonyl (C=O) groups excluding carboxylic acids is 2. The van der Waals surface area contributed by atoms with Gasteiger partial charge in [0, 0.05) is 11.6 Å². The average Bonchev–Trinajstić information content (AvgIpc) is 3.30. The molecule has 4 rings (SSSR count). The molecule has 1 fully saturated rings. The van der Waals surface area contributed by atoms with Crippen LogP contribution in [0.15, 0.2) is 54.6 Å². The number of aryl methyl sites for hydroxylation is 1. The summed E-state index contributed by atoms with van der Waals surface area (Å²) in [6, 6.07) is 11.1. The minimum atomic E-state index is -1.78. The minimum Gasteiger partial charge on any atom is -0.369 e. The van der Waals surface area contributed by atoms with Crippen LogP contribution in [-0.4, -0.2) is 16.1 Å². The van der Waals surface area contributed by atoms with Gasteiger partial charge in [-0.2, -0.15) is 0 Å². The van der Waals surface area contributed by atoms with Crippen LogP contribution in [0.2, 0.25) is 5.02 Å². The highest BCUT2D eigenvalue weighted by atomic mass is 35.5. The second-order valence-electron chi connectivity index (χ2n) is 8.02. The van der Waals surface area contributed by atoms with Crippen molar-refractivity contribution in [3.8, 4) is 0 Å². The van der Waals surface area contributed by atoms with Crippen LogP contribution in [0.3, 0.4) is 0 Å². The number of benzene rings is 3. The maximum atomic E-state index is 15.0. The number of alkyl halides is 2. The molecule has 0 saturated heterocycles. The summed E-state index contributed by atoms with van der Waals surface area (Å²) in [6.45, 7) is 1.40. The lowest BCUT2D eigenvalue weighted by atomic mass is 9.87. The Morgan fingerprint density at radius 3 is 2.24 bits per heavy atom. The monoisotopic (exact) mass is 526 g/mol. The van der Waals surface area contributed by atoms with Gasteiger partial charge in [-0.3, -0.25) is 9.59 Å². The van der Waals surface area contributed by atoms with Gasteiger partial charge in [0.2, 0.25) is 5.91 Å². The molecule has 176 valence electrons. The third kappa shape index (κ3) is 3.72. The van der Waals surface area contributed by atoms with E-state index in [1.807, 2.05) is 0 Å². The zero-order valence-corrected chi connectivity index (χ0v) is 19.7. The zero-order valence-electron chi connectivity index (χ0n) is 17.4. The maximum Gasteiger partial charge on any atom is 0.258 e. The van der Waals surface area contributed by atoms with E-state index < -0.39 is 50.5 Å². The van der Waals surface area contributed by atoms with Gasteiger partial charge < -0.3 is 11.1 Å². The maximum absolute atomic E-state index is 15.0. The van der Waals surface area contributed by atoms with Crippen LogP contribution in [-0.2, 0) is 10.2 Å². The third-order valence-corrected chi connectivity index (χ3v) is 7.28. The Morgan fingerprint density at radius 1 is 1.00 bits per heavy atom. The standard InChI is InChI=1S/C24H16Cl3F3N2O2/c1-11-8-13(10-16(19(11)30)21(33)32-15-5-3-14(28)4-6-15)23(22(31)34)20(24(23,26)27)12-2-7-18(29)17(25)9-12/h2-10,20H,1H3,(H2,31,34)(H,32,33). The first-order chi connectivity index (χ1) is 15.9. The summed E-state index contributed by atoms with van der Waals surface area (Å²) in [5.74, 6) is -4.73. The highest BCUT2D eigenvalue weighted by Crippen LogP contribution is 2.74. The summed E-state index contributed by atoms with van der Waals surface area (Å²) in [5.41, 5.74) is 4.32. The van der Waals surface area contributed by atoms with Crippen LogP contribution in [0.25, 0.3) is 0 Å². The Hall–Kier alpha value is -2.74.